The lowest BCUT2D eigenvalue weighted by atomic mass is 9.92. The van der Waals surface area contributed by atoms with E-state index in [1.54, 1.807) is 11.9 Å². The topological polar surface area (TPSA) is 100 Å². The van der Waals surface area contributed by atoms with Crippen molar-refractivity contribution in [3.05, 3.63) is 11.9 Å². The number of carboxylic acids is 1. The second-order valence-electron chi connectivity index (χ2n) is 4.60. The SMILES string of the molecule is CN(C(=O)NCCn1cc(C(=O)O)nn1)C1CCC1. The van der Waals surface area contributed by atoms with Crippen LogP contribution in [0, 0.1) is 0 Å². The summed E-state index contributed by atoms with van der Waals surface area (Å²) in [7, 11) is 1.79. The molecule has 19 heavy (non-hydrogen) atoms. The molecular formula is C11H17N5O3. The van der Waals surface area contributed by atoms with Crippen molar-refractivity contribution in [3.8, 4) is 0 Å². The van der Waals surface area contributed by atoms with Crippen LogP contribution in [0.25, 0.3) is 0 Å². The van der Waals surface area contributed by atoms with Crippen LogP contribution >= 0.6 is 0 Å². The van der Waals surface area contributed by atoms with Gasteiger partial charge in [0.1, 0.15) is 0 Å². The lowest BCUT2D eigenvalue weighted by Gasteiger charge is -2.34. The van der Waals surface area contributed by atoms with Gasteiger partial charge in [0, 0.05) is 19.6 Å². The van der Waals surface area contributed by atoms with Gasteiger partial charge in [-0.3, -0.25) is 0 Å². The highest BCUT2D eigenvalue weighted by Crippen LogP contribution is 2.23. The fourth-order valence-electron chi connectivity index (χ4n) is 1.85. The van der Waals surface area contributed by atoms with Crippen molar-refractivity contribution in [2.75, 3.05) is 13.6 Å². The molecule has 1 aromatic heterocycles. The van der Waals surface area contributed by atoms with E-state index < -0.39 is 5.97 Å². The smallest absolute Gasteiger partial charge is 0.358 e. The summed E-state index contributed by atoms with van der Waals surface area (Å²) in [4.78, 5) is 24.1. The van der Waals surface area contributed by atoms with Crippen LogP contribution in [0.1, 0.15) is 29.8 Å². The number of amides is 2. The van der Waals surface area contributed by atoms with Crippen LogP contribution in [0.3, 0.4) is 0 Å². The summed E-state index contributed by atoms with van der Waals surface area (Å²) >= 11 is 0. The summed E-state index contributed by atoms with van der Waals surface area (Å²) in [6, 6.07) is 0.244. The Balaban J connectivity index is 1.73. The summed E-state index contributed by atoms with van der Waals surface area (Å²) in [6.07, 6.45) is 4.65. The van der Waals surface area contributed by atoms with Gasteiger partial charge in [-0.25, -0.2) is 14.3 Å². The summed E-state index contributed by atoms with van der Waals surface area (Å²) in [5.41, 5.74) is -0.0992. The first-order valence-corrected chi connectivity index (χ1v) is 6.22. The second-order valence-corrected chi connectivity index (χ2v) is 4.60. The number of aromatic carboxylic acids is 1. The van der Waals surface area contributed by atoms with Gasteiger partial charge in [-0.2, -0.15) is 0 Å². The normalized spacial score (nSPS) is 14.8. The number of urea groups is 1. The van der Waals surface area contributed by atoms with Crippen molar-refractivity contribution in [2.45, 2.75) is 31.8 Å². The Labute approximate surface area is 110 Å². The van der Waals surface area contributed by atoms with Gasteiger partial charge in [-0.05, 0) is 19.3 Å². The lowest BCUT2D eigenvalue weighted by Crippen LogP contribution is -2.47. The van der Waals surface area contributed by atoms with Crippen molar-refractivity contribution in [1.82, 2.24) is 25.2 Å². The minimum atomic E-state index is -1.11. The molecule has 1 saturated carbocycles. The van der Waals surface area contributed by atoms with Crippen LogP contribution in [0.5, 0.6) is 0 Å². The summed E-state index contributed by atoms with van der Waals surface area (Å²) < 4.78 is 1.40. The maximum atomic E-state index is 11.8. The molecule has 2 N–H and O–H groups in total. The minimum absolute atomic E-state index is 0.0992. The standard InChI is InChI=1S/C11H17N5O3/c1-15(8-3-2-4-8)11(19)12-5-6-16-7-9(10(17)18)13-14-16/h7-8H,2-6H2,1H3,(H,12,19)(H,17,18). The van der Waals surface area contributed by atoms with E-state index >= 15 is 0 Å². The minimum Gasteiger partial charge on any atom is -0.476 e. The average molecular weight is 267 g/mol. The molecule has 1 aliphatic rings. The molecule has 0 radical (unpaired) electrons. The molecule has 0 aliphatic heterocycles. The van der Waals surface area contributed by atoms with Gasteiger partial charge in [0.2, 0.25) is 0 Å². The summed E-state index contributed by atoms with van der Waals surface area (Å²) in [6.45, 7) is 0.781. The van der Waals surface area contributed by atoms with E-state index in [-0.39, 0.29) is 11.7 Å². The molecule has 8 heteroatoms. The van der Waals surface area contributed by atoms with Crippen LogP contribution in [-0.2, 0) is 6.54 Å². The van der Waals surface area contributed by atoms with Crippen molar-refractivity contribution in [1.29, 1.82) is 0 Å². The Morgan fingerprint density at radius 2 is 2.32 bits per heavy atom. The highest BCUT2D eigenvalue weighted by molar-refractivity contribution is 5.84. The zero-order chi connectivity index (χ0) is 13.8. The molecule has 0 aromatic carbocycles. The quantitative estimate of drug-likeness (QED) is 0.792. The molecule has 1 aromatic rings. The largest absolute Gasteiger partial charge is 0.476 e. The Morgan fingerprint density at radius 3 is 2.84 bits per heavy atom. The van der Waals surface area contributed by atoms with Crippen molar-refractivity contribution >= 4 is 12.0 Å². The third-order valence-corrected chi connectivity index (χ3v) is 3.32. The second kappa shape index (κ2) is 5.68. The fraction of sp³-hybridized carbons (Fsp3) is 0.636. The van der Waals surface area contributed by atoms with E-state index in [0.29, 0.717) is 19.1 Å². The Morgan fingerprint density at radius 1 is 1.58 bits per heavy atom. The number of carbonyl (C=O) groups excluding carboxylic acids is 1. The van der Waals surface area contributed by atoms with Gasteiger partial charge in [0.15, 0.2) is 5.69 Å². The molecule has 1 fully saturated rings. The molecule has 0 saturated heterocycles. The van der Waals surface area contributed by atoms with E-state index in [2.05, 4.69) is 15.6 Å². The number of nitrogens with one attached hydrogen (secondary N) is 1. The summed E-state index contributed by atoms with van der Waals surface area (Å²) in [5.74, 6) is -1.11. The number of rotatable bonds is 5. The predicted octanol–water partition coefficient (Wildman–Crippen LogP) is 0.170. The molecule has 2 amide bonds. The average Bonchev–Trinajstić information content (AvgIpc) is 2.75. The van der Waals surface area contributed by atoms with Crippen LogP contribution in [-0.4, -0.2) is 56.6 Å². The van der Waals surface area contributed by atoms with Gasteiger partial charge < -0.3 is 15.3 Å². The van der Waals surface area contributed by atoms with E-state index in [4.69, 9.17) is 5.11 Å². The molecule has 0 unspecified atom stereocenters. The third kappa shape index (κ3) is 3.21. The van der Waals surface area contributed by atoms with Crippen molar-refractivity contribution < 1.29 is 14.7 Å². The first kappa shape index (κ1) is 13.3. The lowest BCUT2D eigenvalue weighted by molar-refractivity contribution is 0.0690. The Hall–Kier alpha value is -2.12. The Bertz CT molecular complexity index is 469. The van der Waals surface area contributed by atoms with Gasteiger partial charge >= 0.3 is 12.0 Å². The van der Waals surface area contributed by atoms with Crippen molar-refractivity contribution in [3.63, 3.8) is 0 Å². The molecule has 104 valence electrons. The van der Waals surface area contributed by atoms with E-state index in [9.17, 15) is 9.59 Å². The number of aromatic nitrogens is 3. The van der Waals surface area contributed by atoms with Crippen LogP contribution in [0.4, 0.5) is 4.79 Å². The third-order valence-electron chi connectivity index (χ3n) is 3.32. The molecule has 0 atom stereocenters. The maximum Gasteiger partial charge on any atom is 0.358 e. The molecular weight excluding hydrogens is 250 g/mol. The zero-order valence-electron chi connectivity index (χ0n) is 10.7. The van der Waals surface area contributed by atoms with Crippen LogP contribution in [0.2, 0.25) is 0 Å². The molecule has 1 aliphatic carbocycles. The molecule has 2 rings (SSSR count). The summed E-state index contributed by atoms with van der Waals surface area (Å²) in [5, 5.41) is 18.6. The number of hydrogen-bond acceptors (Lipinski definition) is 4. The molecule has 0 bridgehead atoms. The first-order valence-electron chi connectivity index (χ1n) is 6.22. The maximum absolute atomic E-state index is 11.8. The number of nitrogens with zero attached hydrogens (tertiary/aromatic N) is 4. The van der Waals surface area contributed by atoms with Crippen LogP contribution < -0.4 is 5.32 Å². The number of carbonyl (C=O) groups is 2. The first-order chi connectivity index (χ1) is 9.08. The predicted molar refractivity (Wildman–Crippen MR) is 65.8 cm³/mol. The molecule has 8 nitrogen and oxygen atoms in total. The van der Waals surface area contributed by atoms with E-state index in [0.717, 1.165) is 12.8 Å². The van der Waals surface area contributed by atoms with Crippen LogP contribution in [0.15, 0.2) is 6.20 Å². The monoisotopic (exact) mass is 267 g/mol. The van der Waals surface area contributed by atoms with Gasteiger partial charge in [0.25, 0.3) is 0 Å². The van der Waals surface area contributed by atoms with Gasteiger partial charge in [-0.1, -0.05) is 5.21 Å². The highest BCUT2D eigenvalue weighted by Gasteiger charge is 2.25. The fourth-order valence-corrected chi connectivity index (χ4v) is 1.85. The number of carboxylic acid groups (broad SMARTS) is 1. The van der Waals surface area contributed by atoms with E-state index in [1.807, 2.05) is 0 Å². The van der Waals surface area contributed by atoms with Gasteiger partial charge in [-0.15, -0.1) is 5.10 Å². The zero-order valence-corrected chi connectivity index (χ0v) is 10.7. The number of hydrogen-bond donors (Lipinski definition) is 2. The van der Waals surface area contributed by atoms with E-state index in [1.165, 1.54) is 17.3 Å². The molecule has 1 heterocycles. The van der Waals surface area contributed by atoms with Crippen molar-refractivity contribution in [2.24, 2.45) is 0 Å². The highest BCUT2D eigenvalue weighted by atomic mass is 16.4. The van der Waals surface area contributed by atoms with Gasteiger partial charge in [0.05, 0.1) is 12.7 Å². The Kier molecular flexibility index (Phi) is 3.98. The molecule has 0 spiro atoms.